The zero-order valence-electron chi connectivity index (χ0n) is 32.2. The van der Waals surface area contributed by atoms with E-state index in [1.54, 1.807) is 0 Å². The summed E-state index contributed by atoms with van der Waals surface area (Å²) in [4.78, 5) is 13.5. The lowest BCUT2D eigenvalue weighted by molar-refractivity contribution is -0.548. The van der Waals surface area contributed by atoms with Gasteiger partial charge in [0.1, 0.15) is 6.17 Å². The summed E-state index contributed by atoms with van der Waals surface area (Å²) >= 11 is 0. The van der Waals surface area contributed by atoms with Crippen LogP contribution in [0.25, 0.3) is 0 Å². The molecular weight excluding hydrogens is 629 g/mol. The highest BCUT2D eigenvalue weighted by atomic mass is 16.3. The normalized spacial score (nSPS) is 14.8. The van der Waals surface area contributed by atoms with Crippen molar-refractivity contribution in [1.82, 2.24) is 15.1 Å². The van der Waals surface area contributed by atoms with Gasteiger partial charge >= 0.3 is 0 Å². The Morgan fingerprint density at radius 2 is 1.06 bits per heavy atom. The standard InChI is InChI=1S/C44H59N4.CH2O2/c1-32(2)40-17-9-36(10-18-40)25-45-30-47(27-38-13-21-42(22-14-38)34(5)6)44-29-46(26-37-11-19-41(20-12-37)33(3)4)31-48(44)28-39-15-23-43(24-16-39)35(7)8;2-1-3/h9-24,29,32-35,44-45H,25-28,30-31H2,1-8H3;1H,(H,2,3)/q+1;/p-1. The number of carbonyl (C=O) groups is 1. The second kappa shape index (κ2) is 19.5. The lowest BCUT2D eigenvalue weighted by Gasteiger charge is -2.32. The second-order valence-corrected chi connectivity index (χ2v) is 15.2. The van der Waals surface area contributed by atoms with Crippen molar-refractivity contribution in [1.29, 1.82) is 0 Å². The fourth-order valence-corrected chi connectivity index (χ4v) is 6.55. The zero-order valence-corrected chi connectivity index (χ0v) is 32.2. The lowest BCUT2D eigenvalue weighted by Crippen LogP contribution is -2.49. The first kappa shape index (κ1) is 39.7. The molecule has 1 atom stereocenters. The predicted molar refractivity (Wildman–Crippen MR) is 210 cm³/mol. The molecule has 1 N–H and O–H groups in total. The summed E-state index contributed by atoms with van der Waals surface area (Å²) in [5.74, 6) is 2.16. The Hall–Kier alpha value is -4.10. The number of rotatable bonds is 15. The Bertz CT molecular complexity index is 1640. The molecule has 0 radical (unpaired) electrons. The number of hydrogen-bond acceptors (Lipinski definition) is 5. The maximum absolute atomic E-state index is 8.25. The molecule has 0 bridgehead atoms. The Labute approximate surface area is 307 Å². The maximum Gasteiger partial charge on any atom is 0.201 e. The van der Waals surface area contributed by atoms with Crippen LogP contribution in [0, 0.1) is 0 Å². The summed E-state index contributed by atoms with van der Waals surface area (Å²) in [6, 6.07) is 36.9. The molecule has 4 aromatic rings. The Kier molecular flexibility index (Phi) is 15.2. The molecule has 4 aromatic carbocycles. The largest absolute Gasteiger partial charge is 0.554 e. The zero-order chi connectivity index (χ0) is 36.9. The van der Waals surface area contributed by atoms with E-state index >= 15 is 0 Å². The average molecular weight is 689 g/mol. The third-order valence-corrected chi connectivity index (χ3v) is 9.84. The summed E-state index contributed by atoms with van der Waals surface area (Å²) in [7, 11) is 0. The second-order valence-electron chi connectivity index (χ2n) is 15.2. The number of nitrogens with zero attached hydrogens (tertiary/aromatic N) is 3. The van der Waals surface area contributed by atoms with Crippen LogP contribution >= 0.6 is 0 Å². The van der Waals surface area contributed by atoms with E-state index < -0.39 is 6.47 Å². The van der Waals surface area contributed by atoms with E-state index in [1.807, 2.05) is 0 Å². The van der Waals surface area contributed by atoms with Gasteiger partial charge in [0.2, 0.25) is 6.67 Å². The molecule has 0 aliphatic carbocycles. The minimum absolute atomic E-state index is 0.158. The molecule has 272 valence electrons. The van der Waals surface area contributed by atoms with Gasteiger partial charge in [-0.05, 0) is 62.6 Å². The van der Waals surface area contributed by atoms with Crippen LogP contribution in [0.15, 0.2) is 97.1 Å². The highest BCUT2D eigenvalue weighted by Crippen LogP contribution is 2.23. The van der Waals surface area contributed by atoms with Crippen molar-refractivity contribution in [3.63, 3.8) is 0 Å². The van der Waals surface area contributed by atoms with Gasteiger partial charge in [0.25, 0.3) is 0 Å². The molecule has 0 saturated carbocycles. The number of carbonyl (C=O) groups excluding carboxylic acids is 1. The van der Waals surface area contributed by atoms with Gasteiger partial charge in [-0.3, -0.25) is 4.90 Å². The van der Waals surface area contributed by atoms with Gasteiger partial charge in [-0.15, -0.1) is 0 Å². The van der Waals surface area contributed by atoms with Crippen LogP contribution in [0.3, 0.4) is 0 Å². The molecular formula is C45H60N4O2. The molecule has 0 fully saturated rings. The molecule has 6 nitrogen and oxygen atoms in total. The van der Waals surface area contributed by atoms with Crippen LogP contribution in [0.4, 0.5) is 0 Å². The van der Waals surface area contributed by atoms with Gasteiger partial charge in [0.15, 0.2) is 12.8 Å². The summed E-state index contributed by atoms with van der Waals surface area (Å²) in [5, 5.41) is 12.1. The SMILES string of the molecule is CC(C)c1ccc(CNCN(Cc2ccc(C(C)C)cc2)C2C=[N+](Cc3ccc(C(C)C)cc3)CN2Cc2ccc(C(C)C)cc2)cc1.O=C[O-]. The van der Waals surface area contributed by atoms with E-state index in [1.165, 1.54) is 44.5 Å². The topological polar surface area (TPSA) is 61.7 Å². The highest BCUT2D eigenvalue weighted by Gasteiger charge is 2.35. The van der Waals surface area contributed by atoms with Gasteiger partial charge in [0, 0.05) is 31.7 Å². The van der Waals surface area contributed by atoms with Crippen molar-refractivity contribution in [2.75, 3.05) is 13.3 Å². The molecule has 51 heavy (non-hydrogen) atoms. The average Bonchev–Trinajstić information content (AvgIpc) is 3.50. The first-order valence-corrected chi connectivity index (χ1v) is 18.7. The molecule has 1 heterocycles. The van der Waals surface area contributed by atoms with Crippen molar-refractivity contribution >= 4 is 12.7 Å². The monoisotopic (exact) mass is 688 g/mol. The lowest BCUT2D eigenvalue weighted by atomic mass is 10.0. The van der Waals surface area contributed by atoms with Crippen molar-refractivity contribution < 1.29 is 14.5 Å². The van der Waals surface area contributed by atoms with Crippen molar-refractivity contribution in [3.8, 4) is 0 Å². The third-order valence-electron chi connectivity index (χ3n) is 9.84. The first-order chi connectivity index (χ1) is 24.5. The van der Waals surface area contributed by atoms with E-state index in [4.69, 9.17) is 9.90 Å². The van der Waals surface area contributed by atoms with Crippen LogP contribution in [-0.4, -0.2) is 46.6 Å². The summed E-state index contributed by atoms with van der Waals surface area (Å²) in [6.07, 6.45) is 2.63. The van der Waals surface area contributed by atoms with Crippen LogP contribution in [0.1, 0.15) is 124 Å². The molecule has 5 rings (SSSR count). The number of benzene rings is 4. The molecule has 1 unspecified atom stereocenters. The van der Waals surface area contributed by atoms with Gasteiger partial charge in [0.05, 0.1) is 6.67 Å². The van der Waals surface area contributed by atoms with Crippen molar-refractivity contribution in [3.05, 3.63) is 142 Å². The molecule has 0 amide bonds. The van der Waals surface area contributed by atoms with Gasteiger partial charge in [-0.2, -0.15) is 0 Å². The van der Waals surface area contributed by atoms with Gasteiger partial charge in [-0.25, -0.2) is 9.48 Å². The molecule has 0 spiro atoms. The van der Waals surface area contributed by atoms with E-state index in [-0.39, 0.29) is 6.17 Å². The fraction of sp³-hybridized carbons (Fsp3) is 0.422. The van der Waals surface area contributed by atoms with Crippen LogP contribution in [-0.2, 0) is 31.0 Å². The molecule has 0 aromatic heterocycles. The Balaban J connectivity index is 0.00000188. The highest BCUT2D eigenvalue weighted by molar-refractivity contribution is 5.60. The Morgan fingerprint density at radius 1 is 0.667 bits per heavy atom. The fourth-order valence-electron chi connectivity index (χ4n) is 6.55. The first-order valence-electron chi connectivity index (χ1n) is 18.7. The molecule has 1 aliphatic rings. The smallest absolute Gasteiger partial charge is 0.201 e. The van der Waals surface area contributed by atoms with Crippen molar-refractivity contribution in [2.24, 2.45) is 0 Å². The maximum atomic E-state index is 8.25. The third kappa shape index (κ3) is 12.0. The minimum Gasteiger partial charge on any atom is -0.554 e. The van der Waals surface area contributed by atoms with Gasteiger partial charge < -0.3 is 15.2 Å². The Morgan fingerprint density at radius 3 is 1.49 bits per heavy atom. The summed E-state index contributed by atoms with van der Waals surface area (Å²) < 4.78 is 2.51. The predicted octanol–water partition coefficient (Wildman–Crippen LogP) is 8.18. The molecule has 0 saturated heterocycles. The quantitative estimate of drug-likeness (QED) is 0.0776. The van der Waals surface area contributed by atoms with E-state index in [0.717, 1.165) is 39.5 Å². The van der Waals surface area contributed by atoms with Crippen LogP contribution in [0.5, 0.6) is 0 Å². The summed E-state index contributed by atoms with van der Waals surface area (Å²) in [5.41, 5.74) is 11.0. The van der Waals surface area contributed by atoms with E-state index in [2.05, 4.69) is 178 Å². The number of hydrogen-bond donors (Lipinski definition) is 1. The molecule has 6 heteroatoms. The molecule has 1 aliphatic heterocycles. The van der Waals surface area contributed by atoms with Crippen molar-refractivity contribution in [2.45, 2.75) is 111 Å². The number of carboxylic acid groups (broad SMARTS) is 1. The van der Waals surface area contributed by atoms with Crippen LogP contribution < -0.4 is 10.4 Å². The minimum atomic E-state index is -0.500. The van der Waals surface area contributed by atoms with Crippen LogP contribution in [0.2, 0.25) is 0 Å². The number of nitrogens with one attached hydrogen (secondary N) is 1. The van der Waals surface area contributed by atoms with Gasteiger partial charge in [-0.1, -0.05) is 152 Å². The summed E-state index contributed by atoms with van der Waals surface area (Å²) in [6.45, 7) is 22.8. The van der Waals surface area contributed by atoms with E-state index in [0.29, 0.717) is 23.7 Å². The van der Waals surface area contributed by atoms with E-state index in [9.17, 15) is 0 Å².